The number of aliphatic carboxylic acids is 1. The number of piperidine rings is 1. The Morgan fingerprint density at radius 1 is 1.41 bits per heavy atom. The lowest BCUT2D eigenvalue weighted by Crippen LogP contribution is -2.48. The first kappa shape index (κ1) is 16.3. The Hall–Kier alpha value is -2.11. The Labute approximate surface area is 128 Å². The molecule has 0 bridgehead atoms. The Bertz CT molecular complexity index is 561. The van der Waals surface area contributed by atoms with E-state index in [2.05, 4.69) is 0 Å². The van der Waals surface area contributed by atoms with Crippen molar-refractivity contribution in [3.8, 4) is 5.75 Å². The summed E-state index contributed by atoms with van der Waals surface area (Å²) in [6.45, 7) is 0.479. The zero-order valence-electron chi connectivity index (χ0n) is 12.5. The molecule has 0 unspecified atom stereocenters. The van der Waals surface area contributed by atoms with Crippen LogP contribution in [0.5, 0.6) is 5.75 Å². The van der Waals surface area contributed by atoms with E-state index in [4.69, 9.17) is 4.74 Å². The maximum absolute atomic E-state index is 13.6. The van der Waals surface area contributed by atoms with Crippen molar-refractivity contribution < 1.29 is 23.8 Å². The molecule has 1 heterocycles. The lowest BCUT2D eigenvalue weighted by Gasteiger charge is -2.33. The first-order chi connectivity index (χ1) is 10.5. The molecule has 1 saturated heterocycles. The number of hydrogen-bond donors (Lipinski definition) is 1. The quantitative estimate of drug-likeness (QED) is 0.906. The molecule has 0 aromatic heterocycles. The van der Waals surface area contributed by atoms with Crippen LogP contribution in [0, 0.1) is 5.82 Å². The molecular weight excluding hydrogens is 289 g/mol. The molecule has 0 spiro atoms. The summed E-state index contributed by atoms with van der Waals surface area (Å²) in [7, 11) is 1.39. The van der Waals surface area contributed by atoms with Gasteiger partial charge in [-0.3, -0.25) is 4.79 Å². The van der Waals surface area contributed by atoms with E-state index in [1.165, 1.54) is 24.1 Å². The molecule has 0 aliphatic carbocycles. The number of ether oxygens (including phenoxy) is 1. The monoisotopic (exact) mass is 309 g/mol. The summed E-state index contributed by atoms with van der Waals surface area (Å²) in [4.78, 5) is 24.9. The van der Waals surface area contributed by atoms with Gasteiger partial charge in [0.1, 0.15) is 6.04 Å². The molecule has 0 radical (unpaired) electrons. The van der Waals surface area contributed by atoms with Crippen molar-refractivity contribution in [3.63, 3.8) is 0 Å². The number of methoxy groups -OCH3 is 1. The summed E-state index contributed by atoms with van der Waals surface area (Å²) < 4.78 is 18.4. The molecule has 1 aliphatic rings. The second-order valence-electron chi connectivity index (χ2n) is 5.41. The van der Waals surface area contributed by atoms with E-state index in [0.29, 0.717) is 24.9 Å². The number of carboxylic acid groups (broad SMARTS) is 1. The Kier molecular flexibility index (Phi) is 5.35. The maximum Gasteiger partial charge on any atom is 0.326 e. The second-order valence-corrected chi connectivity index (χ2v) is 5.41. The molecule has 1 amide bonds. The van der Waals surface area contributed by atoms with Crippen molar-refractivity contribution in [2.45, 2.75) is 38.1 Å². The van der Waals surface area contributed by atoms with E-state index in [0.717, 1.165) is 12.8 Å². The number of nitrogens with zero attached hydrogens (tertiary/aromatic N) is 1. The number of hydrogen-bond acceptors (Lipinski definition) is 3. The number of carboxylic acids is 1. The Balaban J connectivity index is 1.96. The number of halogens is 1. The average molecular weight is 309 g/mol. The van der Waals surface area contributed by atoms with E-state index in [-0.39, 0.29) is 18.1 Å². The molecule has 5 nitrogen and oxygen atoms in total. The highest BCUT2D eigenvalue weighted by Gasteiger charge is 2.31. The molecule has 22 heavy (non-hydrogen) atoms. The number of amides is 1. The van der Waals surface area contributed by atoms with Gasteiger partial charge >= 0.3 is 5.97 Å². The van der Waals surface area contributed by atoms with Crippen LogP contribution in [-0.2, 0) is 16.0 Å². The predicted molar refractivity (Wildman–Crippen MR) is 78.3 cm³/mol. The topological polar surface area (TPSA) is 66.8 Å². The van der Waals surface area contributed by atoms with Gasteiger partial charge in [0, 0.05) is 13.0 Å². The summed E-state index contributed by atoms with van der Waals surface area (Å²) in [5.74, 6) is -1.45. The molecule has 6 heteroatoms. The van der Waals surface area contributed by atoms with Crippen LogP contribution >= 0.6 is 0 Å². The number of rotatable bonds is 5. The number of carbonyl (C=O) groups excluding carboxylic acids is 1. The molecule has 1 fully saturated rings. The third kappa shape index (κ3) is 3.75. The van der Waals surface area contributed by atoms with Gasteiger partial charge in [0.15, 0.2) is 11.6 Å². The molecule has 0 saturated carbocycles. The van der Waals surface area contributed by atoms with Crippen LogP contribution in [0.3, 0.4) is 0 Å². The molecule has 1 atom stereocenters. The molecule has 1 aromatic rings. The minimum Gasteiger partial charge on any atom is -0.494 e. The summed E-state index contributed by atoms with van der Waals surface area (Å²) in [6, 6.07) is 3.85. The van der Waals surface area contributed by atoms with Crippen LogP contribution in [0.4, 0.5) is 4.39 Å². The largest absolute Gasteiger partial charge is 0.494 e. The van der Waals surface area contributed by atoms with Crippen LogP contribution in [-0.4, -0.2) is 41.6 Å². The fraction of sp³-hybridized carbons (Fsp3) is 0.500. The van der Waals surface area contributed by atoms with Gasteiger partial charge in [-0.2, -0.15) is 0 Å². The van der Waals surface area contributed by atoms with E-state index in [9.17, 15) is 19.1 Å². The van der Waals surface area contributed by atoms with E-state index >= 15 is 0 Å². The van der Waals surface area contributed by atoms with Crippen LogP contribution in [0.25, 0.3) is 0 Å². The summed E-state index contributed by atoms with van der Waals surface area (Å²) in [5.41, 5.74) is 0.690. The lowest BCUT2D eigenvalue weighted by atomic mass is 10.0. The third-order valence-electron chi connectivity index (χ3n) is 3.95. The Morgan fingerprint density at radius 3 is 2.82 bits per heavy atom. The number of likely N-dealkylation sites (tertiary alicyclic amines) is 1. The summed E-state index contributed by atoms with van der Waals surface area (Å²) >= 11 is 0. The van der Waals surface area contributed by atoms with Gasteiger partial charge in [-0.15, -0.1) is 0 Å². The molecule has 120 valence electrons. The zero-order valence-corrected chi connectivity index (χ0v) is 12.5. The highest BCUT2D eigenvalue weighted by molar-refractivity contribution is 5.84. The van der Waals surface area contributed by atoms with Crippen LogP contribution in [0.15, 0.2) is 18.2 Å². The van der Waals surface area contributed by atoms with E-state index in [1.54, 1.807) is 6.07 Å². The zero-order chi connectivity index (χ0) is 16.1. The van der Waals surface area contributed by atoms with Crippen molar-refractivity contribution in [2.75, 3.05) is 13.7 Å². The van der Waals surface area contributed by atoms with Crippen molar-refractivity contribution in [1.29, 1.82) is 0 Å². The van der Waals surface area contributed by atoms with Crippen LogP contribution < -0.4 is 4.74 Å². The van der Waals surface area contributed by atoms with Gasteiger partial charge in [-0.1, -0.05) is 6.07 Å². The molecular formula is C16H20FNO4. The maximum atomic E-state index is 13.6. The predicted octanol–water partition coefficient (Wildman–Crippen LogP) is 2.23. The molecule has 1 aromatic carbocycles. The number of benzene rings is 1. The van der Waals surface area contributed by atoms with Crippen LogP contribution in [0.1, 0.15) is 31.2 Å². The first-order valence-corrected chi connectivity index (χ1v) is 7.37. The minimum absolute atomic E-state index is 0.164. The van der Waals surface area contributed by atoms with E-state index < -0.39 is 17.8 Å². The average Bonchev–Trinajstić information content (AvgIpc) is 2.52. The normalized spacial score (nSPS) is 18.1. The highest BCUT2D eigenvalue weighted by Crippen LogP contribution is 2.21. The molecule has 2 rings (SSSR count). The van der Waals surface area contributed by atoms with Crippen LogP contribution in [0.2, 0.25) is 0 Å². The van der Waals surface area contributed by atoms with E-state index in [1.807, 2.05) is 0 Å². The van der Waals surface area contributed by atoms with Crippen molar-refractivity contribution in [1.82, 2.24) is 4.90 Å². The highest BCUT2D eigenvalue weighted by atomic mass is 19.1. The Morgan fingerprint density at radius 2 is 2.18 bits per heavy atom. The summed E-state index contributed by atoms with van der Waals surface area (Å²) in [5, 5.41) is 9.18. The standard InChI is InChI=1S/C16H20FNO4/c1-22-14-7-5-11(10-12(14)17)6-8-15(19)18-9-3-2-4-13(18)16(20)21/h5,7,10,13H,2-4,6,8-9H2,1H3,(H,20,21)/t13-/m0/s1. The van der Waals surface area contributed by atoms with Gasteiger partial charge < -0.3 is 14.7 Å². The lowest BCUT2D eigenvalue weighted by molar-refractivity contribution is -0.152. The van der Waals surface area contributed by atoms with Crippen molar-refractivity contribution in [3.05, 3.63) is 29.6 Å². The fourth-order valence-electron chi connectivity index (χ4n) is 2.75. The van der Waals surface area contributed by atoms with Gasteiger partial charge in [0.2, 0.25) is 5.91 Å². The second kappa shape index (κ2) is 7.24. The van der Waals surface area contributed by atoms with Gasteiger partial charge in [0.25, 0.3) is 0 Å². The first-order valence-electron chi connectivity index (χ1n) is 7.37. The SMILES string of the molecule is COc1ccc(CCC(=O)N2CCCC[C@H]2C(=O)O)cc1F. The number of carbonyl (C=O) groups is 2. The smallest absolute Gasteiger partial charge is 0.326 e. The van der Waals surface area contributed by atoms with Gasteiger partial charge in [-0.05, 0) is 43.4 Å². The minimum atomic E-state index is -0.955. The van der Waals surface area contributed by atoms with Crippen molar-refractivity contribution >= 4 is 11.9 Å². The fourth-order valence-corrected chi connectivity index (χ4v) is 2.75. The number of aryl methyl sites for hydroxylation is 1. The van der Waals surface area contributed by atoms with Crippen molar-refractivity contribution in [2.24, 2.45) is 0 Å². The van der Waals surface area contributed by atoms with Gasteiger partial charge in [-0.25, -0.2) is 9.18 Å². The molecule has 1 aliphatic heterocycles. The summed E-state index contributed by atoms with van der Waals surface area (Å²) in [6.07, 6.45) is 2.70. The third-order valence-corrected chi connectivity index (χ3v) is 3.95. The molecule has 1 N–H and O–H groups in total. The van der Waals surface area contributed by atoms with Gasteiger partial charge in [0.05, 0.1) is 7.11 Å².